The van der Waals surface area contributed by atoms with Gasteiger partial charge in [-0.1, -0.05) is 0 Å². The summed E-state index contributed by atoms with van der Waals surface area (Å²) in [6, 6.07) is 0. The minimum atomic E-state index is -0.161. The van der Waals surface area contributed by atoms with E-state index in [4.69, 9.17) is 0 Å². The topological polar surface area (TPSA) is 60.7 Å². The lowest BCUT2D eigenvalue weighted by molar-refractivity contribution is 0.103. The molecule has 2 aromatic rings. The maximum atomic E-state index is 11.7. The van der Waals surface area contributed by atoms with Gasteiger partial charge in [-0.3, -0.25) is 14.5 Å². The van der Waals surface area contributed by atoms with Gasteiger partial charge in [0.15, 0.2) is 0 Å². The summed E-state index contributed by atoms with van der Waals surface area (Å²) in [7, 11) is 1.76. The Bertz CT molecular complexity index is 449. The molecule has 0 atom stereocenters. The van der Waals surface area contributed by atoms with Gasteiger partial charge >= 0.3 is 0 Å². The molecule has 5 nitrogen and oxygen atoms in total. The van der Waals surface area contributed by atoms with Crippen molar-refractivity contribution in [1.82, 2.24) is 19.7 Å². The quantitative estimate of drug-likeness (QED) is 0.641. The van der Waals surface area contributed by atoms with E-state index in [2.05, 4.69) is 15.1 Å². The number of rotatable bonds is 2. The van der Waals surface area contributed by atoms with Crippen molar-refractivity contribution in [3.63, 3.8) is 0 Å². The minimum absolute atomic E-state index is 0.161. The Morgan fingerprint density at radius 2 is 2.21 bits per heavy atom. The highest BCUT2D eigenvalue weighted by Gasteiger charge is 2.11. The average Bonchev–Trinajstić information content (AvgIpc) is 2.65. The second-order valence-corrected chi connectivity index (χ2v) is 2.82. The van der Waals surface area contributed by atoms with Crippen molar-refractivity contribution in [3.05, 3.63) is 42.2 Å². The van der Waals surface area contributed by atoms with Crippen LogP contribution in [0.15, 0.2) is 31.0 Å². The first-order chi connectivity index (χ1) is 6.77. The van der Waals surface area contributed by atoms with E-state index in [1.54, 1.807) is 17.9 Å². The molecule has 0 saturated carbocycles. The van der Waals surface area contributed by atoms with Gasteiger partial charge in [0.05, 0.1) is 18.0 Å². The zero-order valence-corrected chi connectivity index (χ0v) is 7.58. The number of aromatic nitrogens is 4. The van der Waals surface area contributed by atoms with Crippen molar-refractivity contribution in [2.24, 2.45) is 7.05 Å². The van der Waals surface area contributed by atoms with E-state index in [0.29, 0.717) is 11.3 Å². The van der Waals surface area contributed by atoms with E-state index in [0.717, 1.165) is 0 Å². The highest BCUT2D eigenvalue weighted by Crippen LogP contribution is 2.04. The first kappa shape index (κ1) is 8.55. The molecule has 5 heteroatoms. The monoisotopic (exact) mass is 188 g/mol. The third-order valence-electron chi connectivity index (χ3n) is 1.76. The summed E-state index contributed by atoms with van der Waals surface area (Å²) in [6.45, 7) is 0. The normalized spacial score (nSPS) is 10.1. The first-order valence-corrected chi connectivity index (χ1v) is 4.07. The Labute approximate surface area is 80.4 Å². The van der Waals surface area contributed by atoms with Gasteiger partial charge in [-0.15, -0.1) is 0 Å². The van der Waals surface area contributed by atoms with Crippen LogP contribution in [-0.4, -0.2) is 25.5 Å². The van der Waals surface area contributed by atoms with Gasteiger partial charge in [0.25, 0.3) is 0 Å². The molecule has 0 amide bonds. The molecule has 14 heavy (non-hydrogen) atoms. The summed E-state index contributed by atoms with van der Waals surface area (Å²) in [6.07, 6.45) is 7.62. The van der Waals surface area contributed by atoms with Crippen molar-refractivity contribution < 1.29 is 4.79 Å². The van der Waals surface area contributed by atoms with Crippen molar-refractivity contribution in [3.8, 4) is 0 Å². The lowest BCUT2D eigenvalue weighted by Crippen LogP contribution is -2.02. The van der Waals surface area contributed by atoms with Gasteiger partial charge in [-0.05, 0) is 0 Å². The molecule has 2 aromatic heterocycles. The Kier molecular flexibility index (Phi) is 2.06. The molecule has 0 aromatic carbocycles. The van der Waals surface area contributed by atoms with Crippen LogP contribution in [0.2, 0.25) is 0 Å². The SMILES string of the molecule is Cn1cc(C(=O)c2cnccn2)cn1. The molecule has 2 heterocycles. The van der Waals surface area contributed by atoms with Crippen LogP contribution < -0.4 is 0 Å². The molecule has 0 fully saturated rings. The molecule has 2 rings (SSSR count). The summed E-state index contributed by atoms with van der Waals surface area (Å²) >= 11 is 0. The molecule has 0 radical (unpaired) electrons. The maximum absolute atomic E-state index is 11.7. The summed E-state index contributed by atoms with van der Waals surface area (Å²) in [5.41, 5.74) is 0.855. The second kappa shape index (κ2) is 3.37. The van der Waals surface area contributed by atoms with E-state index < -0.39 is 0 Å². The van der Waals surface area contributed by atoms with Crippen molar-refractivity contribution >= 4 is 5.78 Å². The molecule has 0 bridgehead atoms. The Morgan fingerprint density at radius 1 is 1.36 bits per heavy atom. The molecule has 0 spiro atoms. The molecule has 0 saturated heterocycles. The standard InChI is InChI=1S/C9H8N4O/c1-13-6-7(4-12-13)9(14)8-5-10-2-3-11-8/h2-6H,1H3. The molecule has 70 valence electrons. The number of hydrogen-bond donors (Lipinski definition) is 0. The summed E-state index contributed by atoms with van der Waals surface area (Å²) in [5, 5.41) is 3.91. The number of nitrogens with zero attached hydrogens (tertiary/aromatic N) is 4. The second-order valence-electron chi connectivity index (χ2n) is 2.82. The number of aryl methyl sites for hydroxylation is 1. The summed E-state index contributed by atoms with van der Waals surface area (Å²) < 4.78 is 1.57. The van der Waals surface area contributed by atoms with E-state index in [-0.39, 0.29) is 5.78 Å². The zero-order valence-electron chi connectivity index (χ0n) is 7.58. The lowest BCUT2D eigenvalue weighted by atomic mass is 10.2. The third-order valence-corrected chi connectivity index (χ3v) is 1.76. The number of carbonyl (C=O) groups is 1. The van der Waals surface area contributed by atoms with E-state index in [1.165, 1.54) is 24.8 Å². The van der Waals surface area contributed by atoms with Crippen LogP contribution in [0.4, 0.5) is 0 Å². The highest BCUT2D eigenvalue weighted by atomic mass is 16.1. The van der Waals surface area contributed by atoms with Gasteiger partial charge in [-0.2, -0.15) is 5.10 Å². The highest BCUT2D eigenvalue weighted by molar-refractivity contribution is 6.07. The van der Waals surface area contributed by atoms with Crippen LogP contribution in [0.3, 0.4) is 0 Å². The third kappa shape index (κ3) is 1.52. The van der Waals surface area contributed by atoms with E-state index >= 15 is 0 Å². The first-order valence-electron chi connectivity index (χ1n) is 4.07. The van der Waals surface area contributed by atoms with Gasteiger partial charge in [0.2, 0.25) is 5.78 Å². The Hall–Kier alpha value is -2.04. The van der Waals surface area contributed by atoms with Crippen LogP contribution in [-0.2, 0) is 7.05 Å². The predicted octanol–water partition coefficient (Wildman–Crippen LogP) is 0.441. The molecule has 0 N–H and O–H groups in total. The van der Waals surface area contributed by atoms with Crippen molar-refractivity contribution in [1.29, 1.82) is 0 Å². The van der Waals surface area contributed by atoms with Gasteiger partial charge in [-0.25, -0.2) is 4.98 Å². The Morgan fingerprint density at radius 3 is 2.79 bits per heavy atom. The maximum Gasteiger partial charge on any atom is 0.216 e. The summed E-state index contributed by atoms with van der Waals surface area (Å²) in [5.74, 6) is -0.161. The van der Waals surface area contributed by atoms with Crippen molar-refractivity contribution in [2.75, 3.05) is 0 Å². The van der Waals surface area contributed by atoms with Crippen LogP contribution in [0.25, 0.3) is 0 Å². The van der Waals surface area contributed by atoms with Crippen LogP contribution in [0.5, 0.6) is 0 Å². The lowest BCUT2D eigenvalue weighted by Gasteiger charge is -1.93. The van der Waals surface area contributed by atoms with Crippen LogP contribution in [0.1, 0.15) is 16.1 Å². The van der Waals surface area contributed by atoms with E-state index in [9.17, 15) is 4.79 Å². The molecular formula is C9H8N4O. The fourth-order valence-electron chi connectivity index (χ4n) is 1.10. The van der Waals surface area contributed by atoms with Gasteiger partial charge in [0.1, 0.15) is 5.69 Å². The van der Waals surface area contributed by atoms with Crippen molar-refractivity contribution in [2.45, 2.75) is 0 Å². The van der Waals surface area contributed by atoms with Crippen LogP contribution >= 0.6 is 0 Å². The Balaban J connectivity index is 2.34. The number of hydrogen-bond acceptors (Lipinski definition) is 4. The number of ketones is 1. The van der Waals surface area contributed by atoms with E-state index in [1.807, 2.05) is 0 Å². The summed E-state index contributed by atoms with van der Waals surface area (Å²) in [4.78, 5) is 19.4. The largest absolute Gasteiger partial charge is 0.287 e. The fourth-order valence-corrected chi connectivity index (χ4v) is 1.10. The number of carbonyl (C=O) groups excluding carboxylic acids is 1. The van der Waals surface area contributed by atoms with Crippen LogP contribution in [0, 0.1) is 0 Å². The molecule has 0 aliphatic rings. The predicted molar refractivity (Wildman–Crippen MR) is 48.7 cm³/mol. The average molecular weight is 188 g/mol. The minimum Gasteiger partial charge on any atom is -0.287 e. The zero-order chi connectivity index (χ0) is 9.97. The molecule has 0 aliphatic carbocycles. The smallest absolute Gasteiger partial charge is 0.216 e. The van der Waals surface area contributed by atoms with Gasteiger partial charge in [0, 0.05) is 25.6 Å². The molecule has 0 unspecified atom stereocenters. The molecular weight excluding hydrogens is 180 g/mol. The van der Waals surface area contributed by atoms with Gasteiger partial charge < -0.3 is 0 Å². The molecule has 0 aliphatic heterocycles. The fraction of sp³-hybridized carbons (Fsp3) is 0.111.